The molecule has 0 saturated heterocycles. The Labute approximate surface area is 103 Å². The van der Waals surface area contributed by atoms with Crippen molar-refractivity contribution in [2.75, 3.05) is 0 Å². The molecule has 0 N–H and O–H groups in total. The fourth-order valence-electron chi connectivity index (χ4n) is 2.25. The molecule has 0 bridgehead atoms. The zero-order chi connectivity index (χ0) is 12.3. The van der Waals surface area contributed by atoms with Gasteiger partial charge in [-0.3, -0.25) is 4.79 Å². The number of carbonyl (C=O) groups excluding carboxylic acids is 1. The molecule has 0 aromatic heterocycles. The topological polar surface area (TPSA) is 17.1 Å². The number of rotatable bonds is 3. The van der Waals surface area contributed by atoms with E-state index in [9.17, 15) is 4.79 Å². The van der Waals surface area contributed by atoms with Crippen molar-refractivity contribution >= 4 is 11.4 Å². The summed E-state index contributed by atoms with van der Waals surface area (Å²) in [5, 5.41) is 0. The largest absolute Gasteiger partial charge is 0.294 e. The van der Waals surface area contributed by atoms with Gasteiger partial charge in [-0.05, 0) is 30.6 Å². The average molecular weight is 226 g/mol. The molecule has 0 amide bonds. The quantitative estimate of drug-likeness (QED) is 0.761. The standard InChI is InChI=1S/C16H18O/c1-3-10-16(2)11-9-14(12-15(16)17)13-7-5-4-6-8-13/h4-9,11-12H,3,10H2,1-2H3. The normalized spacial score (nSPS) is 23.6. The van der Waals surface area contributed by atoms with E-state index in [2.05, 4.69) is 19.1 Å². The van der Waals surface area contributed by atoms with Crippen molar-refractivity contribution in [2.24, 2.45) is 5.41 Å². The molecule has 1 aliphatic rings. The van der Waals surface area contributed by atoms with Gasteiger partial charge < -0.3 is 0 Å². The van der Waals surface area contributed by atoms with Crippen LogP contribution >= 0.6 is 0 Å². The summed E-state index contributed by atoms with van der Waals surface area (Å²) in [6.45, 7) is 4.14. The number of benzene rings is 1. The van der Waals surface area contributed by atoms with Crippen LogP contribution in [0.2, 0.25) is 0 Å². The third-order valence-electron chi connectivity index (χ3n) is 3.36. The van der Waals surface area contributed by atoms with Crippen molar-refractivity contribution in [3.63, 3.8) is 0 Å². The fourth-order valence-corrected chi connectivity index (χ4v) is 2.25. The monoisotopic (exact) mass is 226 g/mol. The highest BCUT2D eigenvalue weighted by atomic mass is 16.1. The summed E-state index contributed by atoms with van der Waals surface area (Å²) < 4.78 is 0. The van der Waals surface area contributed by atoms with Crippen LogP contribution in [0.4, 0.5) is 0 Å². The summed E-state index contributed by atoms with van der Waals surface area (Å²) in [4.78, 5) is 12.2. The van der Waals surface area contributed by atoms with E-state index in [-0.39, 0.29) is 11.2 Å². The first-order valence-corrected chi connectivity index (χ1v) is 6.16. The Hall–Kier alpha value is -1.63. The number of allylic oxidation sites excluding steroid dienone is 4. The Morgan fingerprint density at radius 1 is 1.18 bits per heavy atom. The van der Waals surface area contributed by atoms with Gasteiger partial charge in [0.2, 0.25) is 0 Å². The van der Waals surface area contributed by atoms with Crippen LogP contribution in [0.1, 0.15) is 32.3 Å². The minimum atomic E-state index is -0.299. The van der Waals surface area contributed by atoms with Crippen molar-refractivity contribution in [1.82, 2.24) is 0 Å². The smallest absolute Gasteiger partial charge is 0.165 e. The van der Waals surface area contributed by atoms with Crippen molar-refractivity contribution in [3.05, 3.63) is 54.1 Å². The van der Waals surface area contributed by atoms with E-state index in [4.69, 9.17) is 0 Å². The van der Waals surface area contributed by atoms with Crippen LogP contribution in [-0.2, 0) is 4.79 Å². The fraction of sp³-hybridized carbons (Fsp3) is 0.312. The first-order chi connectivity index (χ1) is 8.15. The zero-order valence-electron chi connectivity index (χ0n) is 10.4. The van der Waals surface area contributed by atoms with Crippen LogP contribution < -0.4 is 0 Å². The maximum atomic E-state index is 12.2. The first-order valence-electron chi connectivity index (χ1n) is 6.16. The molecule has 0 spiro atoms. The summed E-state index contributed by atoms with van der Waals surface area (Å²) in [5.74, 6) is 0.223. The highest BCUT2D eigenvalue weighted by Gasteiger charge is 2.30. The molecule has 1 aromatic rings. The van der Waals surface area contributed by atoms with Gasteiger partial charge >= 0.3 is 0 Å². The minimum absolute atomic E-state index is 0.223. The van der Waals surface area contributed by atoms with Gasteiger partial charge in [0.05, 0.1) is 0 Å². The summed E-state index contributed by atoms with van der Waals surface area (Å²) >= 11 is 0. The molecule has 2 rings (SSSR count). The summed E-state index contributed by atoms with van der Waals surface area (Å²) in [7, 11) is 0. The maximum Gasteiger partial charge on any atom is 0.165 e. The molecular formula is C16H18O. The van der Waals surface area contributed by atoms with Crippen LogP contribution in [0, 0.1) is 5.41 Å². The van der Waals surface area contributed by atoms with Crippen molar-refractivity contribution < 1.29 is 4.79 Å². The number of carbonyl (C=O) groups is 1. The lowest BCUT2D eigenvalue weighted by Gasteiger charge is -2.26. The van der Waals surface area contributed by atoms with Gasteiger partial charge in [-0.2, -0.15) is 0 Å². The molecule has 0 radical (unpaired) electrons. The van der Waals surface area contributed by atoms with Crippen molar-refractivity contribution in [3.8, 4) is 0 Å². The van der Waals surface area contributed by atoms with E-state index in [0.717, 1.165) is 24.0 Å². The van der Waals surface area contributed by atoms with Gasteiger partial charge in [-0.1, -0.05) is 55.8 Å². The molecule has 1 aromatic carbocycles. The average Bonchev–Trinajstić information content (AvgIpc) is 2.34. The third-order valence-corrected chi connectivity index (χ3v) is 3.36. The van der Waals surface area contributed by atoms with E-state index in [1.807, 2.05) is 37.3 Å². The zero-order valence-corrected chi connectivity index (χ0v) is 10.4. The SMILES string of the molecule is CCCC1(C)C=CC(c2ccccc2)=CC1=O. The minimum Gasteiger partial charge on any atom is -0.294 e. The molecule has 1 heteroatoms. The van der Waals surface area contributed by atoms with E-state index < -0.39 is 0 Å². The lowest BCUT2D eigenvalue weighted by Crippen LogP contribution is -2.25. The molecule has 0 aliphatic heterocycles. The van der Waals surface area contributed by atoms with E-state index in [0.29, 0.717) is 0 Å². The Morgan fingerprint density at radius 2 is 1.88 bits per heavy atom. The van der Waals surface area contributed by atoms with Gasteiger partial charge in [0.25, 0.3) is 0 Å². The van der Waals surface area contributed by atoms with E-state index >= 15 is 0 Å². The van der Waals surface area contributed by atoms with Crippen LogP contribution in [-0.4, -0.2) is 5.78 Å². The molecule has 0 saturated carbocycles. The second kappa shape index (κ2) is 4.70. The Kier molecular flexibility index (Phi) is 3.28. The molecular weight excluding hydrogens is 208 g/mol. The van der Waals surface area contributed by atoms with Gasteiger partial charge in [-0.15, -0.1) is 0 Å². The highest BCUT2D eigenvalue weighted by molar-refractivity contribution is 6.05. The second-order valence-electron chi connectivity index (χ2n) is 4.83. The van der Waals surface area contributed by atoms with Crippen LogP contribution in [0.15, 0.2) is 48.6 Å². The van der Waals surface area contributed by atoms with Gasteiger partial charge in [-0.25, -0.2) is 0 Å². The maximum absolute atomic E-state index is 12.2. The predicted octanol–water partition coefficient (Wildman–Crippen LogP) is 4.02. The molecule has 1 atom stereocenters. The summed E-state index contributed by atoms with van der Waals surface area (Å²) in [6, 6.07) is 10.0. The van der Waals surface area contributed by atoms with Crippen molar-refractivity contribution in [2.45, 2.75) is 26.7 Å². The first kappa shape index (κ1) is 11.8. The van der Waals surface area contributed by atoms with E-state index in [1.165, 1.54) is 0 Å². The van der Waals surface area contributed by atoms with Gasteiger partial charge in [0.1, 0.15) is 0 Å². The molecule has 1 aliphatic carbocycles. The highest BCUT2D eigenvalue weighted by Crippen LogP contribution is 2.33. The predicted molar refractivity (Wildman–Crippen MR) is 71.6 cm³/mol. The number of hydrogen-bond donors (Lipinski definition) is 0. The van der Waals surface area contributed by atoms with E-state index in [1.54, 1.807) is 6.08 Å². The summed E-state index contributed by atoms with van der Waals surface area (Å²) in [6.07, 6.45) is 7.86. The lowest BCUT2D eigenvalue weighted by molar-refractivity contribution is -0.121. The number of ketones is 1. The Morgan fingerprint density at radius 3 is 2.47 bits per heavy atom. The molecule has 1 unspecified atom stereocenters. The second-order valence-corrected chi connectivity index (χ2v) is 4.83. The lowest BCUT2D eigenvalue weighted by atomic mass is 9.76. The molecule has 17 heavy (non-hydrogen) atoms. The third kappa shape index (κ3) is 2.38. The Balaban J connectivity index is 2.27. The molecule has 1 nitrogen and oxygen atoms in total. The van der Waals surface area contributed by atoms with Crippen molar-refractivity contribution in [1.29, 1.82) is 0 Å². The van der Waals surface area contributed by atoms with Gasteiger partial charge in [0.15, 0.2) is 5.78 Å². The van der Waals surface area contributed by atoms with Crippen LogP contribution in [0.5, 0.6) is 0 Å². The Bertz CT molecular complexity index is 468. The summed E-state index contributed by atoms with van der Waals surface area (Å²) in [5.41, 5.74) is 1.83. The van der Waals surface area contributed by atoms with Gasteiger partial charge in [0, 0.05) is 5.41 Å². The molecule has 88 valence electrons. The molecule has 0 heterocycles. The number of hydrogen-bond acceptors (Lipinski definition) is 1. The van der Waals surface area contributed by atoms with Crippen LogP contribution in [0.25, 0.3) is 5.57 Å². The van der Waals surface area contributed by atoms with Crippen LogP contribution in [0.3, 0.4) is 0 Å². The molecule has 0 fully saturated rings.